The van der Waals surface area contributed by atoms with Gasteiger partial charge in [0.1, 0.15) is 18.1 Å². The summed E-state index contributed by atoms with van der Waals surface area (Å²) < 4.78 is 11.1. The van der Waals surface area contributed by atoms with Gasteiger partial charge in [0.05, 0.1) is 17.3 Å². The Morgan fingerprint density at radius 1 is 0.935 bits per heavy atom. The number of nitrogens with zero attached hydrogens (tertiary/aromatic N) is 1. The Morgan fingerprint density at radius 3 is 2.16 bits per heavy atom. The molecule has 0 spiro atoms. The summed E-state index contributed by atoms with van der Waals surface area (Å²) in [5.74, 6) is 1.18. The molecule has 31 heavy (non-hydrogen) atoms. The maximum Gasteiger partial charge on any atom is 0.252 e. The third-order valence-electron chi connectivity index (χ3n) is 5.20. The van der Waals surface area contributed by atoms with Crippen molar-refractivity contribution in [2.24, 2.45) is 0 Å². The zero-order chi connectivity index (χ0) is 21.6. The zero-order valence-electron chi connectivity index (χ0n) is 17.5. The van der Waals surface area contributed by atoms with Crippen molar-refractivity contribution in [1.29, 1.82) is 0 Å². The second-order valence-corrected chi connectivity index (χ2v) is 7.35. The van der Waals surface area contributed by atoms with Gasteiger partial charge in [-0.2, -0.15) is 0 Å². The second kappa shape index (κ2) is 9.30. The maximum absolute atomic E-state index is 13.1. The Hall–Kier alpha value is -3.86. The van der Waals surface area contributed by atoms with Gasteiger partial charge in [-0.05, 0) is 43.2 Å². The zero-order valence-corrected chi connectivity index (χ0v) is 17.5. The minimum atomic E-state index is -0.248. The van der Waals surface area contributed by atoms with Gasteiger partial charge in [0.25, 0.3) is 5.91 Å². The van der Waals surface area contributed by atoms with E-state index in [0.717, 1.165) is 28.1 Å². The predicted octanol–water partition coefficient (Wildman–Crippen LogP) is 5.39. The van der Waals surface area contributed by atoms with E-state index in [1.54, 1.807) is 12.1 Å². The van der Waals surface area contributed by atoms with Crippen molar-refractivity contribution in [1.82, 2.24) is 10.5 Å². The molecule has 0 aliphatic heterocycles. The normalized spacial score (nSPS) is 10.8. The van der Waals surface area contributed by atoms with Gasteiger partial charge in [-0.3, -0.25) is 4.79 Å². The summed E-state index contributed by atoms with van der Waals surface area (Å²) in [6.45, 7) is 4.07. The van der Waals surface area contributed by atoms with Crippen LogP contribution in [0.25, 0.3) is 0 Å². The molecule has 5 heteroatoms. The molecular formula is C26H24N2O3. The van der Waals surface area contributed by atoms with Crippen molar-refractivity contribution < 1.29 is 14.1 Å². The second-order valence-electron chi connectivity index (χ2n) is 7.35. The summed E-state index contributed by atoms with van der Waals surface area (Å²) in [5, 5.41) is 7.11. The Kier molecular flexibility index (Phi) is 6.13. The van der Waals surface area contributed by atoms with Crippen molar-refractivity contribution in [2.75, 3.05) is 0 Å². The van der Waals surface area contributed by atoms with Gasteiger partial charge in [-0.1, -0.05) is 71.9 Å². The molecule has 0 aliphatic carbocycles. The van der Waals surface area contributed by atoms with Crippen LogP contribution in [0.3, 0.4) is 0 Å². The highest BCUT2D eigenvalue weighted by atomic mass is 16.5. The number of benzene rings is 3. The van der Waals surface area contributed by atoms with E-state index in [0.29, 0.717) is 17.9 Å². The molecule has 4 aromatic rings. The Bertz CT molecular complexity index is 1090. The van der Waals surface area contributed by atoms with Crippen molar-refractivity contribution in [2.45, 2.75) is 26.5 Å². The molecule has 4 rings (SSSR count). The number of carbonyl (C=O) groups is 1. The molecule has 1 heterocycles. The fraction of sp³-hybridized carbons (Fsp3) is 0.154. The van der Waals surface area contributed by atoms with E-state index in [9.17, 15) is 4.79 Å². The lowest BCUT2D eigenvalue weighted by atomic mass is 9.98. The van der Waals surface area contributed by atoms with Crippen LogP contribution < -0.4 is 10.1 Å². The first-order valence-corrected chi connectivity index (χ1v) is 10.2. The average molecular weight is 412 g/mol. The van der Waals surface area contributed by atoms with Gasteiger partial charge in [-0.15, -0.1) is 0 Å². The summed E-state index contributed by atoms with van der Waals surface area (Å²) in [6, 6.07) is 26.8. The minimum Gasteiger partial charge on any atom is -0.489 e. The van der Waals surface area contributed by atoms with Crippen LogP contribution in [0.15, 0.2) is 89.5 Å². The molecule has 5 nitrogen and oxygen atoms in total. The van der Waals surface area contributed by atoms with Gasteiger partial charge < -0.3 is 14.6 Å². The largest absolute Gasteiger partial charge is 0.489 e. The van der Waals surface area contributed by atoms with Crippen LogP contribution in [-0.4, -0.2) is 11.1 Å². The molecule has 0 saturated heterocycles. The van der Waals surface area contributed by atoms with Crippen LogP contribution in [-0.2, 0) is 6.61 Å². The topological polar surface area (TPSA) is 64.4 Å². The molecule has 1 aromatic heterocycles. The molecular weight excluding hydrogens is 388 g/mol. The van der Waals surface area contributed by atoms with Crippen LogP contribution in [0.2, 0.25) is 0 Å². The first kappa shape index (κ1) is 20.4. The van der Waals surface area contributed by atoms with E-state index >= 15 is 0 Å². The third-order valence-corrected chi connectivity index (χ3v) is 5.20. The predicted molar refractivity (Wildman–Crippen MR) is 119 cm³/mol. The third kappa shape index (κ3) is 4.83. The van der Waals surface area contributed by atoms with Crippen LogP contribution >= 0.6 is 0 Å². The highest BCUT2D eigenvalue weighted by molar-refractivity contribution is 5.95. The summed E-state index contributed by atoms with van der Waals surface area (Å²) in [5.41, 5.74) is 4.30. The van der Waals surface area contributed by atoms with Crippen molar-refractivity contribution in [3.8, 4) is 5.75 Å². The molecule has 0 unspecified atom stereocenters. The fourth-order valence-electron chi connectivity index (χ4n) is 3.46. The van der Waals surface area contributed by atoms with Crippen molar-refractivity contribution in [3.63, 3.8) is 0 Å². The highest BCUT2D eigenvalue weighted by Gasteiger charge is 2.18. The van der Waals surface area contributed by atoms with Crippen LogP contribution in [0.4, 0.5) is 0 Å². The maximum atomic E-state index is 13.1. The van der Waals surface area contributed by atoms with E-state index in [1.807, 2.05) is 86.6 Å². The van der Waals surface area contributed by atoms with Gasteiger partial charge >= 0.3 is 0 Å². The minimum absolute atomic E-state index is 0.166. The number of carbonyl (C=O) groups excluding carboxylic acids is 1. The van der Waals surface area contributed by atoms with E-state index < -0.39 is 0 Å². The molecule has 3 aromatic carbocycles. The first-order valence-electron chi connectivity index (χ1n) is 10.2. The molecule has 0 saturated carbocycles. The Balaban J connectivity index is 1.52. The average Bonchev–Trinajstić information content (AvgIpc) is 3.14. The lowest BCUT2D eigenvalue weighted by Gasteiger charge is -2.20. The summed E-state index contributed by atoms with van der Waals surface area (Å²) in [6.07, 6.45) is 0. The van der Waals surface area contributed by atoms with Crippen molar-refractivity contribution in [3.05, 3.63) is 119 Å². The molecule has 156 valence electrons. The smallest absolute Gasteiger partial charge is 0.252 e. The standard InChI is InChI=1S/C26H24N2O3/c1-18-24(19(2)31-28-18)17-30-23-15-9-14-22(16-23)26(29)27-25(20-10-5-3-6-11-20)21-12-7-4-8-13-21/h3-16,25H,17H2,1-2H3,(H,27,29). The lowest BCUT2D eigenvalue weighted by Crippen LogP contribution is -2.29. The molecule has 0 fully saturated rings. The quantitative estimate of drug-likeness (QED) is 0.442. The number of ether oxygens (including phenoxy) is 1. The van der Waals surface area contributed by atoms with Gasteiger partial charge in [0.2, 0.25) is 0 Å². The van der Waals surface area contributed by atoms with Crippen LogP contribution in [0.5, 0.6) is 5.75 Å². The summed E-state index contributed by atoms with van der Waals surface area (Å²) in [7, 11) is 0. The Labute approximate surface area is 181 Å². The van der Waals surface area contributed by atoms with Crippen molar-refractivity contribution >= 4 is 5.91 Å². The van der Waals surface area contributed by atoms with E-state index in [-0.39, 0.29) is 11.9 Å². The molecule has 1 amide bonds. The van der Waals surface area contributed by atoms with Gasteiger partial charge in [0, 0.05) is 5.56 Å². The number of aryl methyl sites for hydroxylation is 2. The van der Waals surface area contributed by atoms with Crippen LogP contribution in [0.1, 0.15) is 44.5 Å². The molecule has 1 N–H and O–H groups in total. The van der Waals surface area contributed by atoms with E-state index in [4.69, 9.17) is 9.26 Å². The first-order chi connectivity index (χ1) is 15.1. The van der Waals surface area contributed by atoms with Crippen LogP contribution in [0, 0.1) is 13.8 Å². The van der Waals surface area contributed by atoms with E-state index in [1.165, 1.54) is 0 Å². The number of hydrogen-bond donors (Lipinski definition) is 1. The molecule has 0 atom stereocenters. The van der Waals surface area contributed by atoms with Gasteiger partial charge in [-0.25, -0.2) is 0 Å². The molecule has 0 radical (unpaired) electrons. The number of rotatable bonds is 7. The van der Waals surface area contributed by atoms with E-state index in [2.05, 4.69) is 10.5 Å². The fourth-order valence-corrected chi connectivity index (χ4v) is 3.46. The number of aromatic nitrogens is 1. The van der Waals surface area contributed by atoms with Gasteiger partial charge in [0.15, 0.2) is 0 Å². The number of nitrogens with one attached hydrogen (secondary N) is 1. The summed E-state index contributed by atoms with van der Waals surface area (Å²) >= 11 is 0. The number of hydrogen-bond acceptors (Lipinski definition) is 4. The summed E-state index contributed by atoms with van der Waals surface area (Å²) in [4.78, 5) is 13.1. The lowest BCUT2D eigenvalue weighted by molar-refractivity contribution is 0.0942. The number of amides is 1. The SMILES string of the molecule is Cc1noc(C)c1COc1cccc(C(=O)NC(c2ccccc2)c2ccccc2)c1. The molecule has 0 aliphatic rings. The molecule has 0 bridgehead atoms. The Morgan fingerprint density at radius 2 is 1.58 bits per heavy atom. The monoisotopic (exact) mass is 412 g/mol. The highest BCUT2D eigenvalue weighted by Crippen LogP contribution is 2.23.